The van der Waals surface area contributed by atoms with Crippen molar-refractivity contribution in [1.82, 2.24) is 20.8 Å². The Bertz CT molecular complexity index is 737. The number of amides is 2. The number of ketones is 1. The maximum absolute atomic E-state index is 12.0. The maximum Gasteiger partial charge on any atom is 0.239 e. The molecule has 25 heavy (non-hydrogen) atoms. The summed E-state index contributed by atoms with van der Waals surface area (Å²) in [4.78, 5) is 34.7. The van der Waals surface area contributed by atoms with Gasteiger partial charge in [-0.15, -0.1) is 10.2 Å². The number of carbonyl (C=O) groups is 3. The highest BCUT2D eigenvalue weighted by atomic mass is 32.2. The van der Waals surface area contributed by atoms with Gasteiger partial charge in [0, 0.05) is 12.6 Å². The SMILES string of the molecule is CNC(=O)CNC(=O)CSc1nnc(SCC(=O)c2ccccc2)s1. The van der Waals surface area contributed by atoms with Gasteiger partial charge < -0.3 is 10.6 Å². The summed E-state index contributed by atoms with van der Waals surface area (Å²) >= 11 is 3.90. The Balaban J connectivity index is 1.73. The van der Waals surface area contributed by atoms with E-state index in [1.807, 2.05) is 18.2 Å². The number of benzene rings is 1. The van der Waals surface area contributed by atoms with Crippen molar-refractivity contribution in [2.24, 2.45) is 0 Å². The predicted molar refractivity (Wildman–Crippen MR) is 99.2 cm³/mol. The molecular formula is C15H16N4O3S3. The molecule has 10 heteroatoms. The van der Waals surface area contributed by atoms with Gasteiger partial charge in [-0.2, -0.15) is 0 Å². The van der Waals surface area contributed by atoms with Gasteiger partial charge in [-0.1, -0.05) is 65.2 Å². The van der Waals surface area contributed by atoms with Gasteiger partial charge in [-0.3, -0.25) is 14.4 Å². The van der Waals surface area contributed by atoms with Crippen molar-refractivity contribution in [3.8, 4) is 0 Å². The number of hydrogen-bond acceptors (Lipinski definition) is 8. The number of hydrogen-bond donors (Lipinski definition) is 2. The minimum Gasteiger partial charge on any atom is -0.358 e. The van der Waals surface area contributed by atoms with E-state index in [-0.39, 0.29) is 35.6 Å². The lowest BCUT2D eigenvalue weighted by atomic mass is 10.2. The van der Waals surface area contributed by atoms with Crippen molar-refractivity contribution in [2.75, 3.05) is 25.1 Å². The second-order valence-electron chi connectivity index (χ2n) is 4.65. The Kier molecular flexibility index (Phi) is 7.89. The first-order valence-electron chi connectivity index (χ1n) is 7.23. The molecule has 132 valence electrons. The van der Waals surface area contributed by atoms with Crippen molar-refractivity contribution < 1.29 is 14.4 Å². The van der Waals surface area contributed by atoms with Crippen molar-refractivity contribution >= 4 is 52.5 Å². The molecule has 1 heterocycles. The smallest absolute Gasteiger partial charge is 0.239 e. The molecule has 2 aromatic rings. The zero-order chi connectivity index (χ0) is 18.1. The first-order valence-corrected chi connectivity index (χ1v) is 10.0. The summed E-state index contributed by atoms with van der Waals surface area (Å²) in [5.74, 6) is -0.0355. The van der Waals surface area contributed by atoms with E-state index in [4.69, 9.17) is 0 Å². The molecule has 2 amide bonds. The molecule has 2 N–H and O–H groups in total. The van der Waals surface area contributed by atoms with Gasteiger partial charge in [0.15, 0.2) is 14.5 Å². The summed E-state index contributed by atoms with van der Waals surface area (Å²) in [6.07, 6.45) is 0. The highest BCUT2D eigenvalue weighted by Crippen LogP contribution is 2.29. The second-order valence-corrected chi connectivity index (χ2v) is 8.07. The number of thioether (sulfide) groups is 2. The standard InChI is InChI=1S/C15H16N4O3S3/c1-16-12(21)7-17-13(22)9-24-15-19-18-14(25-15)23-8-11(20)10-5-3-2-4-6-10/h2-6H,7-9H2,1H3,(H,16,21)(H,17,22). The van der Waals surface area contributed by atoms with Gasteiger partial charge in [0.1, 0.15) is 0 Å². The first kappa shape index (κ1) is 19.4. The first-order chi connectivity index (χ1) is 12.1. The van der Waals surface area contributed by atoms with E-state index >= 15 is 0 Å². The highest BCUT2D eigenvalue weighted by Gasteiger charge is 2.11. The number of nitrogens with zero attached hydrogens (tertiary/aromatic N) is 2. The Morgan fingerprint density at radius 3 is 2.28 bits per heavy atom. The molecule has 0 atom stereocenters. The summed E-state index contributed by atoms with van der Waals surface area (Å²) in [6.45, 7) is -0.0469. The zero-order valence-corrected chi connectivity index (χ0v) is 15.8. The van der Waals surface area contributed by atoms with Crippen LogP contribution in [0.3, 0.4) is 0 Å². The monoisotopic (exact) mass is 396 g/mol. The van der Waals surface area contributed by atoms with Crippen LogP contribution in [-0.2, 0) is 9.59 Å². The van der Waals surface area contributed by atoms with Crippen LogP contribution in [0.4, 0.5) is 0 Å². The van der Waals surface area contributed by atoms with Gasteiger partial charge >= 0.3 is 0 Å². The maximum atomic E-state index is 12.0. The number of aromatic nitrogens is 2. The third kappa shape index (κ3) is 6.85. The van der Waals surface area contributed by atoms with Crippen molar-refractivity contribution in [2.45, 2.75) is 8.68 Å². The molecule has 0 fully saturated rings. The molecule has 0 spiro atoms. The number of rotatable bonds is 9. The fraction of sp³-hybridized carbons (Fsp3) is 0.267. The highest BCUT2D eigenvalue weighted by molar-refractivity contribution is 8.03. The summed E-state index contributed by atoms with van der Waals surface area (Å²) in [7, 11) is 1.51. The third-order valence-electron chi connectivity index (χ3n) is 2.86. The molecule has 1 aromatic heterocycles. The molecule has 0 saturated carbocycles. The Morgan fingerprint density at radius 1 is 1.00 bits per heavy atom. The van der Waals surface area contributed by atoms with E-state index in [2.05, 4.69) is 20.8 Å². The molecule has 0 unspecified atom stereocenters. The van der Waals surface area contributed by atoms with Crippen LogP contribution >= 0.6 is 34.9 Å². The molecular weight excluding hydrogens is 380 g/mol. The largest absolute Gasteiger partial charge is 0.358 e. The van der Waals surface area contributed by atoms with Crippen LogP contribution in [0.2, 0.25) is 0 Å². The fourth-order valence-corrected chi connectivity index (χ4v) is 4.34. The molecule has 0 aliphatic rings. The Morgan fingerprint density at radius 2 is 1.64 bits per heavy atom. The number of nitrogens with one attached hydrogen (secondary N) is 2. The minimum absolute atomic E-state index is 0.0311. The summed E-state index contributed by atoms with van der Waals surface area (Å²) in [5, 5.41) is 12.9. The number of carbonyl (C=O) groups excluding carboxylic acids is 3. The Hall–Kier alpha value is -1.91. The van der Waals surface area contributed by atoms with Crippen LogP contribution in [0.5, 0.6) is 0 Å². The lowest BCUT2D eigenvalue weighted by Crippen LogP contribution is -2.35. The molecule has 1 aromatic carbocycles. The average molecular weight is 397 g/mol. The summed E-state index contributed by atoms with van der Waals surface area (Å²) in [5.41, 5.74) is 0.668. The van der Waals surface area contributed by atoms with E-state index in [1.165, 1.54) is 41.9 Å². The van der Waals surface area contributed by atoms with Gasteiger partial charge in [0.2, 0.25) is 11.8 Å². The van der Waals surface area contributed by atoms with Gasteiger partial charge in [0.25, 0.3) is 0 Å². The van der Waals surface area contributed by atoms with Crippen molar-refractivity contribution in [3.05, 3.63) is 35.9 Å². The summed E-state index contributed by atoms with van der Waals surface area (Å²) < 4.78 is 1.32. The van der Waals surface area contributed by atoms with Crippen molar-refractivity contribution in [3.63, 3.8) is 0 Å². The zero-order valence-electron chi connectivity index (χ0n) is 13.4. The van der Waals surface area contributed by atoms with Crippen LogP contribution in [0.15, 0.2) is 39.0 Å². The van der Waals surface area contributed by atoms with E-state index in [0.29, 0.717) is 14.2 Å². The van der Waals surface area contributed by atoms with E-state index in [1.54, 1.807) is 12.1 Å². The predicted octanol–water partition coefficient (Wildman–Crippen LogP) is 1.47. The van der Waals surface area contributed by atoms with E-state index < -0.39 is 0 Å². The molecule has 0 radical (unpaired) electrons. The minimum atomic E-state index is -0.254. The van der Waals surface area contributed by atoms with Crippen LogP contribution in [0.25, 0.3) is 0 Å². The molecule has 0 aliphatic carbocycles. The summed E-state index contributed by atoms with van der Waals surface area (Å²) in [6, 6.07) is 9.08. The second kappa shape index (κ2) is 10.2. The van der Waals surface area contributed by atoms with E-state index in [9.17, 15) is 14.4 Å². The normalized spacial score (nSPS) is 10.3. The fourth-order valence-electron chi connectivity index (χ4n) is 1.59. The molecule has 7 nitrogen and oxygen atoms in total. The molecule has 0 saturated heterocycles. The quantitative estimate of drug-likeness (QED) is 0.489. The van der Waals surface area contributed by atoms with Gasteiger partial charge in [-0.05, 0) is 0 Å². The lowest BCUT2D eigenvalue weighted by molar-refractivity contribution is -0.124. The Labute approximate surface area is 157 Å². The van der Waals surface area contributed by atoms with Crippen molar-refractivity contribution in [1.29, 1.82) is 0 Å². The van der Waals surface area contributed by atoms with Crippen LogP contribution in [0.1, 0.15) is 10.4 Å². The molecule has 2 rings (SSSR count). The third-order valence-corrected chi connectivity index (χ3v) is 6.05. The topological polar surface area (TPSA) is 101 Å². The van der Waals surface area contributed by atoms with Crippen LogP contribution in [-0.4, -0.2) is 52.9 Å². The van der Waals surface area contributed by atoms with Gasteiger partial charge in [0.05, 0.1) is 18.1 Å². The van der Waals surface area contributed by atoms with Gasteiger partial charge in [-0.25, -0.2) is 0 Å². The lowest BCUT2D eigenvalue weighted by Gasteiger charge is -2.02. The number of likely N-dealkylation sites (N-methyl/N-ethyl adjacent to an activating group) is 1. The van der Waals surface area contributed by atoms with Crippen LogP contribution < -0.4 is 10.6 Å². The van der Waals surface area contributed by atoms with Crippen LogP contribution in [0, 0.1) is 0 Å². The van der Waals surface area contributed by atoms with E-state index in [0.717, 1.165) is 0 Å². The molecule has 0 bridgehead atoms. The number of Topliss-reactive ketones (excluding diaryl/α,β-unsaturated/α-hetero) is 1. The molecule has 0 aliphatic heterocycles. The average Bonchev–Trinajstić information content (AvgIpc) is 3.11.